The number of ketones is 2. The molecule has 2 aromatic rings. The van der Waals surface area contributed by atoms with Crippen molar-refractivity contribution in [1.29, 1.82) is 0 Å². The first kappa shape index (κ1) is 12.4. The van der Waals surface area contributed by atoms with Crippen LogP contribution in [0.3, 0.4) is 0 Å². The summed E-state index contributed by atoms with van der Waals surface area (Å²) in [6.45, 7) is 0. The fourth-order valence-corrected chi connectivity index (χ4v) is 2.34. The number of para-hydroxylation sites is 1. The van der Waals surface area contributed by atoms with Crippen molar-refractivity contribution >= 4 is 17.3 Å². The van der Waals surface area contributed by atoms with E-state index in [4.69, 9.17) is 0 Å². The van der Waals surface area contributed by atoms with Gasteiger partial charge < -0.3 is 4.90 Å². The van der Waals surface area contributed by atoms with Crippen LogP contribution < -0.4 is 4.90 Å². The second-order valence-electron chi connectivity index (χ2n) is 4.66. The van der Waals surface area contributed by atoms with Crippen LogP contribution in [-0.4, -0.2) is 18.6 Å². The maximum atomic E-state index is 12.5. The molecule has 0 saturated carbocycles. The number of nitrogens with zero attached hydrogens (tertiary/aromatic N) is 1. The second-order valence-corrected chi connectivity index (χ2v) is 4.66. The number of Topliss-reactive ketones (excluding diaryl/α,β-unsaturated/α-hetero) is 1. The van der Waals surface area contributed by atoms with Crippen molar-refractivity contribution in [3.63, 3.8) is 0 Å². The average Bonchev–Trinajstić information content (AvgIpc) is 2.51. The Morgan fingerprint density at radius 2 is 1.40 bits per heavy atom. The smallest absolute Gasteiger partial charge is 0.210 e. The third-order valence-electron chi connectivity index (χ3n) is 3.44. The average molecular weight is 263 g/mol. The van der Waals surface area contributed by atoms with Gasteiger partial charge >= 0.3 is 0 Å². The van der Waals surface area contributed by atoms with Gasteiger partial charge in [-0.1, -0.05) is 42.5 Å². The highest BCUT2D eigenvalue weighted by Gasteiger charge is 2.27. The SMILES string of the molecule is CN(C1=CC(=O)c2ccccc2C1=O)c1ccccc1. The number of carbonyl (C=O) groups excluding carboxylic acids is 2. The maximum Gasteiger partial charge on any atom is 0.210 e. The lowest BCUT2D eigenvalue weighted by molar-refractivity contribution is 0.0982. The normalized spacial score (nSPS) is 13.8. The quantitative estimate of drug-likeness (QED) is 0.835. The zero-order valence-corrected chi connectivity index (χ0v) is 11.0. The third kappa shape index (κ3) is 1.93. The molecule has 3 heteroatoms. The van der Waals surface area contributed by atoms with Crippen molar-refractivity contribution in [2.24, 2.45) is 0 Å². The molecule has 2 aromatic carbocycles. The molecule has 0 heterocycles. The first-order valence-electron chi connectivity index (χ1n) is 6.37. The van der Waals surface area contributed by atoms with E-state index in [1.54, 1.807) is 36.2 Å². The molecule has 3 nitrogen and oxygen atoms in total. The van der Waals surface area contributed by atoms with E-state index in [0.717, 1.165) is 5.69 Å². The van der Waals surface area contributed by atoms with Crippen LogP contribution >= 0.6 is 0 Å². The van der Waals surface area contributed by atoms with Crippen LogP contribution in [0.25, 0.3) is 0 Å². The van der Waals surface area contributed by atoms with Crippen LogP contribution in [0.1, 0.15) is 20.7 Å². The van der Waals surface area contributed by atoms with E-state index in [9.17, 15) is 9.59 Å². The molecule has 0 amide bonds. The number of hydrogen-bond donors (Lipinski definition) is 0. The van der Waals surface area contributed by atoms with E-state index < -0.39 is 0 Å². The minimum Gasteiger partial charge on any atom is -0.341 e. The largest absolute Gasteiger partial charge is 0.341 e. The number of fused-ring (bicyclic) bond motifs is 1. The first-order valence-corrected chi connectivity index (χ1v) is 6.37. The van der Waals surface area contributed by atoms with E-state index in [-0.39, 0.29) is 11.6 Å². The standard InChI is InChI=1S/C17H13NO2/c1-18(12-7-3-2-4-8-12)15-11-16(19)13-9-5-6-10-14(13)17(15)20/h2-11H,1H3. The Bertz CT molecular complexity index is 717. The molecule has 0 fully saturated rings. The second kappa shape index (κ2) is 4.78. The van der Waals surface area contributed by atoms with Gasteiger partial charge in [0.2, 0.25) is 5.78 Å². The summed E-state index contributed by atoms with van der Waals surface area (Å²) in [4.78, 5) is 26.4. The summed E-state index contributed by atoms with van der Waals surface area (Å²) in [6, 6.07) is 16.4. The van der Waals surface area contributed by atoms with Gasteiger partial charge in [-0.25, -0.2) is 0 Å². The van der Waals surface area contributed by atoms with Crippen LogP contribution in [0, 0.1) is 0 Å². The van der Waals surface area contributed by atoms with Gasteiger partial charge in [-0.2, -0.15) is 0 Å². The number of benzene rings is 2. The Labute approximate surface area is 117 Å². The summed E-state index contributed by atoms with van der Waals surface area (Å²) >= 11 is 0. The van der Waals surface area contributed by atoms with Gasteiger partial charge in [0.1, 0.15) is 0 Å². The number of hydrogen-bond acceptors (Lipinski definition) is 3. The number of rotatable bonds is 2. The molecule has 0 N–H and O–H groups in total. The monoisotopic (exact) mass is 263 g/mol. The van der Waals surface area contributed by atoms with E-state index in [1.807, 2.05) is 30.3 Å². The van der Waals surface area contributed by atoms with Gasteiger partial charge in [0.15, 0.2) is 5.78 Å². The van der Waals surface area contributed by atoms with Gasteiger partial charge in [0.05, 0.1) is 5.70 Å². The Balaban J connectivity index is 2.05. The highest BCUT2D eigenvalue weighted by molar-refractivity contribution is 6.25. The molecule has 0 radical (unpaired) electrons. The predicted octanol–water partition coefficient (Wildman–Crippen LogP) is 3.09. The van der Waals surface area contributed by atoms with Gasteiger partial charge in [-0.3, -0.25) is 9.59 Å². The van der Waals surface area contributed by atoms with E-state index in [0.29, 0.717) is 16.8 Å². The molecular weight excluding hydrogens is 250 g/mol. The molecule has 1 aliphatic carbocycles. The molecule has 0 spiro atoms. The fourth-order valence-electron chi connectivity index (χ4n) is 2.34. The number of allylic oxidation sites excluding steroid dienone is 2. The van der Waals surface area contributed by atoms with Crippen LogP contribution in [0.5, 0.6) is 0 Å². The molecule has 0 aromatic heterocycles. The molecule has 98 valence electrons. The van der Waals surface area contributed by atoms with E-state index in [2.05, 4.69) is 0 Å². The molecule has 20 heavy (non-hydrogen) atoms. The summed E-state index contributed by atoms with van der Waals surface area (Å²) in [6.07, 6.45) is 1.41. The van der Waals surface area contributed by atoms with Crippen LogP contribution in [-0.2, 0) is 0 Å². The third-order valence-corrected chi connectivity index (χ3v) is 3.44. The minimum atomic E-state index is -0.127. The van der Waals surface area contributed by atoms with Crippen molar-refractivity contribution in [3.8, 4) is 0 Å². The van der Waals surface area contributed by atoms with Gasteiger partial charge in [0, 0.05) is 29.9 Å². The van der Waals surface area contributed by atoms with Crippen LogP contribution in [0.2, 0.25) is 0 Å². The zero-order valence-electron chi connectivity index (χ0n) is 11.0. The molecule has 0 bridgehead atoms. The van der Waals surface area contributed by atoms with Crippen LogP contribution in [0.15, 0.2) is 66.4 Å². The topological polar surface area (TPSA) is 37.4 Å². The maximum absolute atomic E-state index is 12.5. The minimum absolute atomic E-state index is 0.119. The Morgan fingerprint density at radius 3 is 2.10 bits per heavy atom. The van der Waals surface area contributed by atoms with Crippen LogP contribution in [0.4, 0.5) is 5.69 Å². The first-order chi connectivity index (χ1) is 9.68. The summed E-state index contributed by atoms with van der Waals surface area (Å²) in [5.41, 5.74) is 2.22. The molecule has 0 atom stereocenters. The molecular formula is C17H13NO2. The lowest BCUT2D eigenvalue weighted by Crippen LogP contribution is -2.28. The molecule has 1 aliphatic rings. The molecule has 0 aliphatic heterocycles. The summed E-state index contributed by atoms with van der Waals surface area (Å²) in [7, 11) is 1.79. The van der Waals surface area contributed by atoms with E-state index in [1.165, 1.54) is 6.08 Å². The lowest BCUT2D eigenvalue weighted by atomic mass is 9.92. The van der Waals surface area contributed by atoms with Gasteiger partial charge in [-0.15, -0.1) is 0 Å². The van der Waals surface area contributed by atoms with Crippen molar-refractivity contribution in [1.82, 2.24) is 0 Å². The van der Waals surface area contributed by atoms with Crippen molar-refractivity contribution in [3.05, 3.63) is 77.5 Å². The number of carbonyl (C=O) groups is 2. The predicted molar refractivity (Wildman–Crippen MR) is 78.0 cm³/mol. The fraction of sp³-hybridized carbons (Fsp3) is 0.0588. The number of likely N-dealkylation sites (N-methyl/N-ethyl adjacent to an activating group) is 1. The van der Waals surface area contributed by atoms with Crippen molar-refractivity contribution in [2.75, 3.05) is 11.9 Å². The van der Waals surface area contributed by atoms with Crippen molar-refractivity contribution in [2.45, 2.75) is 0 Å². The Hall–Kier alpha value is -2.68. The summed E-state index contributed by atoms with van der Waals surface area (Å²) < 4.78 is 0. The molecule has 0 unspecified atom stereocenters. The van der Waals surface area contributed by atoms with E-state index >= 15 is 0 Å². The van der Waals surface area contributed by atoms with Gasteiger partial charge in [0.25, 0.3) is 0 Å². The lowest BCUT2D eigenvalue weighted by Gasteiger charge is -2.24. The highest BCUT2D eigenvalue weighted by atomic mass is 16.1. The summed E-state index contributed by atoms with van der Waals surface area (Å²) in [5.74, 6) is -0.246. The highest BCUT2D eigenvalue weighted by Crippen LogP contribution is 2.25. The molecule has 3 rings (SSSR count). The van der Waals surface area contributed by atoms with Gasteiger partial charge in [-0.05, 0) is 12.1 Å². The zero-order chi connectivity index (χ0) is 14.1. The number of anilines is 1. The Kier molecular flexibility index (Phi) is 2.95. The molecule has 0 saturated heterocycles. The summed E-state index contributed by atoms with van der Waals surface area (Å²) in [5, 5.41) is 0. The van der Waals surface area contributed by atoms with Crippen molar-refractivity contribution < 1.29 is 9.59 Å². The Morgan fingerprint density at radius 1 is 0.800 bits per heavy atom.